The molecule has 10 aromatic carbocycles. The van der Waals surface area contributed by atoms with Gasteiger partial charge in [-0.1, -0.05) is 231 Å². The van der Waals surface area contributed by atoms with Gasteiger partial charge in [-0.2, -0.15) is 0 Å². The minimum atomic E-state index is -3.57. The van der Waals surface area contributed by atoms with E-state index in [9.17, 15) is 0 Å². The summed E-state index contributed by atoms with van der Waals surface area (Å²) in [6.45, 7) is 0. The number of nitrogens with zero attached hydrogens (tertiary/aromatic N) is 4. The molecule has 0 saturated heterocycles. The highest BCUT2D eigenvalue weighted by molar-refractivity contribution is 7.85. The smallest absolute Gasteiger partial charge is 0.171 e. The van der Waals surface area contributed by atoms with Crippen LogP contribution in [0.2, 0.25) is 0 Å². The number of hydrogen-bond donors (Lipinski definition) is 0. The van der Waals surface area contributed by atoms with Gasteiger partial charge in [0.2, 0.25) is 0 Å². The van der Waals surface area contributed by atoms with Crippen molar-refractivity contribution in [2.24, 2.45) is 0 Å². The molecule has 0 amide bonds. The molecule has 0 fully saturated rings. The van der Waals surface area contributed by atoms with Crippen molar-refractivity contribution in [2.45, 2.75) is 5.41 Å². The van der Waals surface area contributed by atoms with Crippen LogP contribution in [-0.4, -0.2) is 19.5 Å². The Balaban J connectivity index is 1.03. The number of rotatable bonds is 6. The van der Waals surface area contributed by atoms with Crippen LogP contribution >= 0.6 is 7.14 Å². The van der Waals surface area contributed by atoms with Crippen LogP contribution in [0, 0.1) is 0 Å². The molecule has 1 spiro atoms. The molecule has 2 aliphatic heterocycles. The highest BCUT2D eigenvalue weighted by atomic mass is 31.2. The maximum atomic E-state index is 17.0. The standard InChI is InChI=1S/C64H41N4OP/c69-70(49-21-8-3-9-22-49)58-30-15-12-26-53(58)64(52-25-11-14-29-57(52)68-56-28-13-10-23-50(56)51-24-16-27-55(64)60(51)68)54-40-39-48(41-59(54)70)63-66-61(46-35-31-44(32-36-46)42-17-4-1-5-18-42)65-62(67-63)47-37-33-45(34-38-47)43-19-6-2-7-20-43/h1-41H. The van der Waals surface area contributed by atoms with Gasteiger partial charge in [-0.3, -0.25) is 0 Å². The molecule has 328 valence electrons. The van der Waals surface area contributed by atoms with E-state index in [0.717, 1.165) is 93.8 Å². The maximum Gasteiger partial charge on any atom is 0.171 e. The summed E-state index contributed by atoms with van der Waals surface area (Å²) in [4.78, 5) is 15.8. The normalized spacial score (nSPS) is 16.5. The topological polar surface area (TPSA) is 60.7 Å². The number of para-hydroxylation sites is 3. The van der Waals surface area contributed by atoms with Crippen molar-refractivity contribution in [2.75, 3.05) is 0 Å². The van der Waals surface area contributed by atoms with Crippen molar-refractivity contribution >= 4 is 44.9 Å². The average Bonchev–Trinajstić information content (AvgIpc) is 3.79. The molecule has 5 nitrogen and oxygen atoms in total. The molecule has 2 aromatic heterocycles. The van der Waals surface area contributed by atoms with Gasteiger partial charge in [0.25, 0.3) is 0 Å². The molecular weight excluding hydrogens is 872 g/mol. The van der Waals surface area contributed by atoms with Gasteiger partial charge in [0.15, 0.2) is 24.6 Å². The second-order valence-electron chi connectivity index (χ2n) is 18.2. The predicted molar refractivity (Wildman–Crippen MR) is 286 cm³/mol. The zero-order chi connectivity index (χ0) is 46.4. The van der Waals surface area contributed by atoms with E-state index >= 15 is 4.57 Å². The quantitative estimate of drug-likeness (QED) is 0.156. The van der Waals surface area contributed by atoms with E-state index in [1.54, 1.807) is 0 Å². The molecule has 6 heteroatoms. The zero-order valence-electron chi connectivity index (χ0n) is 37.8. The van der Waals surface area contributed by atoms with Crippen molar-refractivity contribution in [3.05, 3.63) is 271 Å². The van der Waals surface area contributed by atoms with E-state index in [1.807, 2.05) is 48.5 Å². The van der Waals surface area contributed by atoms with E-state index < -0.39 is 12.6 Å². The summed E-state index contributed by atoms with van der Waals surface area (Å²) in [7, 11) is -3.57. The molecule has 0 aliphatic carbocycles. The van der Waals surface area contributed by atoms with Gasteiger partial charge in [-0.15, -0.1) is 0 Å². The third-order valence-corrected chi connectivity index (χ3v) is 17.7. The summed E-state index contributed by atoms with van der Waals surface area (Å²) in [6.07, 6.45) is 0. The summed E-state index contributed by atoms with van der Waals surface area (Å²) in [5.41, 5.74) is 13.9. The first-order valence-corrected chi connectivity index (χ1v) is 25.4. The van der Waals surface area contributed by atoms with Crippen molar-refractivity contribution in [1.29, 1.82) is 0 Å². The summed E-state index contributed by atoms with van der Waals surface area (Å²) in [6, 6.07) is 86.8. The molecule has 14 rings (SSSR count). The third kappa shape index (κ3) is 5.86. The highest BCUT2D eigenvalue weighted by Gasteiger charge is 2.54. The Morgan fingerprint density at radius 2 is 0.800 bits per heavy atom. The molecule has 0 bridgehead atoms. The fourth-order valence-electron chi connectivity index (χ4n) is 11.4. The summed E-state index contributed by atoms with van der Waals surface area (Å²) in [5, 5.41) is 4.77. The molecule has 70 heavy (non-hydrogen) atoms. The third-order valence-electron chi connectivity index (χ3n) is 14.5. The van der Waals surface area contributed by atoms with E-state index in [0.29, 0.717) is 17.5 Å². The van der Waals surface area contributed by atoms with E-state index in [2.05, 4.69) is 205 Å². The van der Waals surface area contributed by atoms with Crippen LogP contribution in [0.5, 0.6) is 0 Å². The highest BCUT2D eigenvalue weighted by Crippen LogP contribution is 2.61. The Hall–Kier alpha value is -8.76. The molecule has 2 atom stereocenters. The van der Waals surface area contributed by atoms with Gasteiger partial charge in [0.1, 0.15) is 0 Å². The number of fused-ring (bicyclic) bond motifs is 11. The minimum Gasteiger partial charge on any atom is -0.309 e. The van der Waals surface area contributed by atoms with Gasteiger partial charge >= 0.3 is 0 Å². The number of benzene rings is 10. The minimum absolute atomic E-state index is 0.501. The Morgan fingerprint density at radius 1 is 0.343 bits per heavy atom. The lowest BCUT2D eigenvalue weighted by Crippen LogP contribution is -2.48. The molecule has 0 saturated carbocycles. The Bertz CT molecular complexity index is 3970. The summed E-state index contributed by atoms with van der Waals surface area (Å²) in [5.74, 6) is 1.61. The molecule has 2 aliphatic rings. The van der Waals surface area contributed by atoms with E-state index in [-0.39, 0.29) is 0 Å². The van der Waals surface area contributed by atoms with Crippen LogP contribution in [0.1, 0.15) is 22.3 Å². The van der Waals surface area contributed by atoms with E-state index in [1.165, 1.54) is 10.8 Å². The van der Waals surface area contributed by atoms with Gasteiger partial charge < -0.3 is 9.13 Å². The fourth-order valence-corrected chi connectivity index (χ4v) is 14.6. The molecule has 0 radical (unpaired) electrons. The second kappa shape index (κ2) is 15.6. The fraction of sp³-hybridized carbons (Fsp3) is 0.0156. The molecule has 0 N–H and O–H groups in total. The Morgan fingerprint density at radius 3 is 1.46 bits per heavy atom. The molecule has 4 heterocycles. The molecule has 12 aromatic rings. The van der Waals surface area contributed by atoms with Crippen LogP contribution in [0.4, 0.5) is 0 Å². The van der Waals surface area contributed by atoms with Crippen LogP contribution in [-0.2, 0) is 9.98 Å². The first-order chi connectivity index (χ1) is 34.6. The molecular formula is C64H41N4OP. The lowest BCUT2D eigenvalue weighted by Gasteiger charge is -2.47. The van der Waals surface area contributed by atoms with E-state index in [4.69, 9.17) is 15.0 Å². The zero-order valence-corrected chi connectivity index (χ0v) is 38.7. The Kier molecular flexibility index (Phi) is 9.01. The lowest BCUT2D eigenvalue weighted by atomic mass is 9.62. The van der Waals surface area contributed by atoms with Crippen LogP contribution in [0.15, 0.2) is 249 Å². The van der Waals surface area contributed by atoms with Crippen LogP contribution in [0.25, 0.3) is 83.9 Å². The van der Waals surface area contributed by atoms with Crippen molar-refractivity contribution in [3.8, 4) is 62.1 Å². The van der Waals surface area contributed by atoms with Crippen LogP contribution < -0.4 is 15.9 Å². The monoisotopic (exact) mass is 912 g/mol. The maximum absolute atomic E-state index is 17.0. The van der Waals surface area contributed by atoms with Gasteiger partial charge in [-0.05, 0) is 62.7 Å². The van der Waals surface area contributed by atoms with Crippen molar-refractivity contribution in [3.63, 3.8) is 0 Å². The second-order valence-corrected chi connectivity index (χ2v) is 20.9. The predicted octanol–water partition coefficient (Wildman–Crippen LogP) is 14.0. The summed E-state index contributed by atoms with van der Waals surface area (Å²) >= 11 is 0. The van der Waals surface area contributed by atoms with Gasteiger partial charge in [-0.25, -0.2) is 15.0 Å². The van der Waals surface area contributed by atoms with Crippen molar-refractivity contribution in [1.82, 2.24) is 19.5 Å². The first-order valence-electron chi connectivity index (χ1n) is 23.7. The van der Waals surface area contributed by atoms with Gasteiger partial charge in [0.05, 0.1) is 22.1 Å². The Labute approximate surface area is 405 Å². The van der Waals surface area contributed by atoms with Crippen molar-refractivity contribution < 1.29 is 4.57 Å². The average molecular weight is 913 g/mol. The SMILES string of the molecule is O=P1(c2ccccc2)c2ccccc2C2(c3ccccc3-n3c4ccccc4c4cccc2c43)c2ccc(-c3nc(-c4ccc(-c5ccccc5)cc4)nc(-c4ccc(-c5ccccc5)cc4)n3)cc21. The summed E-state index contributed by atoms with van der Waals surface area (Å²) < 4.78 is 19.5. The lowest BCUT2D eigenvalue weighted by molar-refractivity contribution is 0.590. The number of aromatic nitrogens is 4. The largest absolute Gasteiger partial charge is 0.309 e. The van der Waals surface area contributed by atoms with Crippen LogP contribution in [0.3, 0.4) is 0 Å². The van der Waals surface area contributed by atoms with Gasteiger partial charge in [0, 0.05) is 43.4 Å². The first kappa shape index (κ1) is 40.3. The molecule has 2 unspecified atom stereocenters. The number of hydrogen-bond acceptors (Lipinski definition) is 4.